The van der Waals surface area contributed by atoms with Crippen molar-refractivity contribution in [1.82, 2.24) is 9.97 Å². The molecular weight excluding hydrogens is 228 g/mol. The van der Waals surface area contributed by atoms with Gasteiger partial charge in [0.05, 0.1) is 5.52 Å². The number of nitrogens with zero attached hydrogens (tertiary/aromatic N) is 2. The van der Waals surface area contributed by atoms with Crippen molar-refractivity contribution >= 4 is 22.5 Å². The van der Waals surface area contributed by atoms with Crippen molar-refractivity contribution in [1.29, 1.82) is 0 Å². The summed E-state index contributed by atoms with van der Waals surface area (Å²) in [6, 6.07) is 7.71. The Morgan fingerprint density at radius 1 is 1.25 bits per heavy atom. The van der Waals surface area contributed by atoms with Gasteiger partial charge in [0.1, 0.15) is 5.15 Å². The van der Waals surface area contributed by atoms with E-state index in [-0.39, 0.29) is 6.01 Å². The average Bonchev–Trinajstić information content (AvgIpc) is 2.29. The summed E-state index contributed by atoms with van der Waals surface area (Å²) in [4.78, 5) is 8.27. The molecule has 1 heterocycles. The third kappa shape index (κ3) is 2.23. The van der Waals surface area contributed by atoms with E-state index in [1.165, 1.54) is 0 Å². The lowest BCUT2D eigenvalue weighted by atomic mass is 10.2. The number of rotatable bonds is 3. The van der Waals surface area contributed by atoms with Crippen LogP contribution in [0.1, 0.15) is 6.92 Å². The molecule has 4 nitrogen and oxygen atoms in total. The molecule has 0 saturated carbocycles. The first kappa shape index (κ1) is 11.1. The van der Waals surface area contributed by atoms with Crippen LogP contribution in [0.2, 0.25) is 5.15 Å². The number of ether oxygens (including phenoxy) is 2. The van der Waals surface area contributed by atoms with Crippen LogP contribution in [0, 0.1) is 0 Å². The van der Waals surface area contributed by atoms with E-state index in [9.17, 15) is 0 Å². The van der Waals surface area contributed by atoms with Crippen LogP contribution in [0.5, 0.6) is 6.01 Å². The molecule has 16 heavy (non-hydrogen) atoms. The van der Waals surface area contributed by atoms with Crippen molar-refractivity contribution in [3.63, 3.8) is 0 Å². The topological polar surface area (TPSA) is 44.2 Å². The Labute approximate surface area is 98.2 Å². The van der Waals surface area contributed by atoms with E-state index in [1.807, 2.05) is 24.3 Å². The Bertz CT molecular complexity index is 504. The minimum atomic E-state index is -0.405. The molecule has 0 aliphatic heterocycles. The molecule has 0 N–H and O–H groups in total. The van der Waals surface area contributed by atoms with Crippen LogP contribution in [0.25, 0.3) is 10.9 Å². The van der Waals surface area contributed by atoms with E-state index in [4.69, 9.17) is 21.1 Å². The van der Waals surface area contributed by atoms with E-state index in [1.54, 1.807) is 14.0 Å². The maximum Gasteiger partial charge on any atom is 0.320 e. The van der Waals surface area contributed by atoms with Gasteiger partial charge in [-0.3, -0.25) is 0 Å². The maximum atomic E-state index is 6.02. The largest absolute Gasteiger partial charge is 0.434 e. The van der Waals surface area contributed by atoms with E-state index >= 15 is 0 Å². The minimum absolute atomic E-state index is 0.220. The molecule has 0 saturated heterocycles. The van der Waals surface area contributed by atoms with Gasteiger partial charge in [-0.2, -0.15) is 9.97 Å². The van der Waals surface area contributed by atoms with Gasteiger partial charge >= 0.3 is 6.01 Å². The number of para-hydroxylation sites is 1. The van der Waals surface area contributed by atoms with Crippen molar-refractivity contribution in [2.75, 3.05) is 7.11 Å². The van der Waals surface area contributed by atoms with Gasteiger partial charge in [0.15, 0.2) is 6.29 Å². The lowest BCUT2D eigenvalue weighted by Crippen LogP contribution is -2.15. The van der Waals surface area contributed by atoms with E-state index < -0.39 is 6.29 Å². The number of halogens is 1. The standard InChI is InChI=1S/C11H11ClN2O2/c1-7(15-2)16-11-13-9-6-4-3-5-8(9)10(12)14-11/h3-7H,1-2H3. The lowest BCUT2D eigenvalue weighted by molar-refractivity contribution is -0.0436. The second-order valence-corrected chi connectivity index (χ2v) is 3.59. The summed E-state index contributed by atoms with van der Waals surface area (Å²) in [7, 11) is 1.55. The Balaban J connectivity index is 2.41. The maximum absolute atomic E-state index is 6.02. The van der Waals surface area contributed by atoms with E-state index in [2.05, 4.69) is 9.97 Å². The molecule has 0 aliphatic rings. The van der Waals surface area contributed by atoms with E-state index in [0.717, 1.165) is 10.9 Å². The summed E-state index contributed by atoms with van der Waals surface area (Å²) < 4.78 is 10.3. The smallest absolute Gasteiger partial charge is 0.320 e. The second-order valence-electron chi connectivity index (χ2n) is 3.24. The van der Waals surface area contributed by atoms with Crippen LogP contribution in [0.4, 0.5) is 0 Å². The zero-order valence-corrected chi connectivity index (χ0v) is 9.73. The first-order valence-corrected chi connectivity index (χ1v) is 5.20. The molecule has 2 aromatic rings. The minimum Gasteiger partial charge on any atom is -0.434 e. The van der Waals surface area contributed by atoms with Gasteiger partial charge in [-0.15, -0.1) is 0 Å². The molecule has 1 aromatic heterocycles. The van der Waals surface area contributed by atoms with Crippen LogP contribution in [0.3, 0.4) is 0 Å². The van der Waals surface area contributed by atoms with Crippen LogP contribution in [-0.2, 0) is 4.74 Å². The number of hydrogen-bond donors (Lipinski definition) is 0. The SMILES string of the molecule is COC(C)Oc1nc(Cl)c2ccccc2n1. The summed E-state index contributed by atoms with van der Waals surface area (Å²) in [6.07, 6.45) is -0.405. The van der Waals surface area contributed by atoms with Crippen molar-refractivity contribution in [3.05, 3.63) is 29.4 Å². The predicted octanol–water partition coefficient (Wildman–Crippen LogP) is 2.65. The lowest BCUT2D eigenvalue weighted by Gasteiger charge is -2.11. The summed E-state index contributed by atoms with van der Waals surface area (Å²) in [5.41, 5.74) is 0.751. The summed E-state index contributed by atoms with van der Waals surface area (Å²) >= 11 is 6.02. The first-order chi connectivity index (χ1) is 7.70. The fraction of sp³-hybridized carbons (Fsp3) is 0.273. The summed E-state index contributed by atoms with van der Waals surface area (Å²) in [5, 5.41) is 1.19. The van der Waals surface area contributed by atoms with Crippen LogP contribution >= 0.6 is 11.6 Å². The molecule has 1 unspecified atom stereocenters. The van der Waals surface area contributed by atoms with Gasteiger partial charge in [0, 0.05) is 12.5 Å². The highest BCUT2D eigenvalue weighted by Crippen LogP contribution is 2.22. The number of hydrogen-bond acceptors (Lipinski definition) is 4. The number of methoxy groups -OCH3 is 1. The van der Waals surface area contributed by atoms with Gasteiger partial charge in [0.25, 0.3) is 0 Å². The number of aromatic nitrogens is 2. The van der Waals surface area contributed by atoms with Crippen molar-refractivity contribution in [3.8, 4) is 6.01 Å². The first-order valence-electron chi connectivity index (χ1n) is 4.82. The number of benzene rings is 1. The second kappa shape index (κ2) is 4.63. The van der Waals surface area contributed by atoms with Crippen LogP contribution < -0.4 is 4.74 Å². The van der Waals surface area contributed by atoms with Crippen molar-refractivity contribution < 1.29 is 9.47 Å². The quantitative estimate of drug-likeness (QED) is 0.609. The number of fused-ring (bicyclic) bond motifs is 1. The molecule has 0 radical (unpaired) electrons. The molecule has 1 atom stereocenters. The van der Waals surface area contributed by atoms with Crippen molar-refractivity contribution in [2.24, 2.45) is 0 Å². The molecule has 0 bridgehead atoms. The molecule has 84 valence electrons. The summed E-state index contributed by atoms with van der Waals surface area (Å²) in [5.74, 6) is 0. The van der Waals surface area contributed by atoms with Gasteiger partial charge in [-0.1, -0.05) is 23.7 Å². The van der Waals surface area contributed by atoms with Gasteiger partial charge < -0.3 is 9.47 Å². The monoisotopic (exact) mass is 238 g/mol. The molecule has 0 fully saturated rings. The van der Waals surface area contributed by atoms with Gasteiger partial charge in [-0.05, 0) is 19.1 Å². The van der Waals surface area contributed by atoms with Gasteiger partial charge in [-0.25, -0.2) is 0 Å². The fourth-order valence-corrected chi connectivity index (χ4v) is 1.50. The zero-order chi connectivity index (χ0) is 11.5. The highest BCUT2D eigenvalue weighted by atomic mass is 35.5. The Morgan fingerprint density at radius 2 is 2.00 bits per heavy atom. The molecule has 1 aromatic carbocycles. The highest BCUT2D eigenvalue weighted by Gasteiger charge is 2.08. The zero-order valence-electron chi connectivity index (χ0n) is 8.98. The predicted molar refractivity (Wildman–Crippen MR) is 61.6 cm³/mol. The van der Waals surface area contributed by atoms with E-state index in [0.29, 0.717) is 5.15 Å². The molecular formula is C11H11ClN2O2. The molecule has 0 amide bonds. The third-order valence-corrected chi connectivity index (χ3v) is 2.43. The Morgan fingerprint density at radius 3 is 2.75 bits per heavy atom. The molecule has 0 spiro atoms. The molecule has 5 heteroatoms. The van der Waals surface area contributed by atoms with Crippen LogP contribution in [-0.4, -0.2) is 23.4 Å². The third-order valence-electron chi connectivity index (χ3n) is 2.14. The molecule has 0 aliphatic carbocycles. The van der Waals surface area contributed by atoms with Crippen LogP contribution in [0.15, 0.2) is 24.3 Å². The normalized spacial score (nSPS) is 12.7. The average molecular weight is 239 g/mol. The van der Waals surface area contributed by atoms with Gasteiger partial charge in [0.2, 0.25) is 0 Å². The molecule has 2 rings (SSSR count). The van der Waals surface area contributed by atoms with Crippen molar-refractivity contribution in [2.45, 2.75) is 13.2 Å². The highest BCUT2D eigenvalue weighted by molar-refractivity contribution is 6.34. The Hall–Kier alpha value is -1.39. The fourth-order valence-electron chi connectivity index (χ4n) is 1.27. The summed E-state index contributed by atoms with van der Waals surface area (Å²) in [6.45, 7) is 1.76. The Kier molecular flexibility index (Phi) is 3.22.